The summed E-state index contributed by atoms with van der Waals surface area (Å²) >= 11 is 0. The SMILES string of the molecule is CCCC(NC(=O)C1CC(OCc2ccccc2)CN1C(=O)C(NC(=O)c1ccccc1C(F)(F)F)C1CCCCC1)C(=O)C(=O)NCC(=O)NC(C(=O)O)c1ccccc1. The average molecular weight is 850 g/mol. The first kappa shape index (κ1) is 46.0. The van der Waals surface area contributed by atoms with Crippen LogP contribution in [-0.2, 0) is 46.3 Å². The van der Waals surface area contributed by atoms with Gasteiger partial charge >= 0.3 is 12.1 Å². The summed E-state index contributed by atoms with van der Waals surface area (Å²) in [6, 6.07) is 15.9. The molecule has 5 atom stereocenters. The maximum Gasteiger partial charge on any atom is 0.417 e. The summed E-state index contributed by atoms with van der Waals surface area (Å²) in [7, 11) is 0. The second kappa shape index (κ2) is 21.4. The quantitative estimate of drug-likeness (QED) is 0.115. The Bertz CT molecular complexity index is 2030. The van der Waals surface area contributed by atoms with Crippen molar-refractivity contribution in [3.05, 3.63) is 107 Å². The summed E-state index contributed by atoms with van der Waals surface area (Å²) in [6.07, 6.45) is -1.98. The predicted octanol–water partition coefficient (Wildman–Crippen LogP) is 4.48. The van der Waals surface area contributed by atoms with Crippen molar-refractivity contribution in [3.8, 4) is 0 Å². The fourth-order valence-electron chi connectivity index (χ4n) is 7.75. The van der Waals surface area contributed by atoms with Crippen LogP contribution in [0.3, 0.4) is 0 Å². The van der Waals surface area contributed by atoms with Crippen LogP contribution in [0.15, 0.2) is 84.9 Å². The Kier molecular flexibility index (Phi) is 16.1. The minimum atomic E-state index is -4.85. The van der Waals surface area contributed by atoms with Gasteiger partial charge in [0.1, 0.15) is 12.1 Å². The van der Waals surface area contributed by atoms with Gasteiger partial charge < -0.3 is 36.0 Å². The number of hydrogen-bond donors (Lipinski definition) is 5. The molecule has 2 aliphatic rings. The molecule has 3 aromatic rings. The van der Waals surface area contributed by atoms with Gasteiger partial charge in [-0.1, -0.05) is 105 Å². The van der Waals surface area contributed by atoms with Crippen LogP contribution in [0.2, 0.25) is 0 Å². The Hall–Kier alpha value is -6.10. The Morgan fingerprint density at radius 1 is 0.836 bits per heavy atom. The lowest BCUT2D eigenvalue weighted by molar-refractivity contribution is -0.144. The number of carboxylic acid groups (broad SMARTS) is 1. The van der Waals surface area contributed by atoms with E-state index in [1.807, 2.05) is 30.3 Å². The molecule has 1 aliphatic heterocycles. The van der Waals surface area contributed by atoms with E-state index in [0.29, 0.717) is 32.1 Å². The lowest BCUT2D eigenvalue weighted by Crippen LogP contribution is -2.58. The van der Waals surface area contributed by atoms with Crippen molar-refractivity contribution in [2.24, 2.45) is 5.92 Å². The first-order chi connectivity index (χ1) is 29.2. The van der Waals surface area contributed by atoms with E-state index in [1.165, 1.54) is 23.1 Å². The van der Waals surface area contributed by atoms with Crippen molar-refractivity contribution in [2.75, 3.05) is 13.1 Å². The number of hydrogen-bond acceptors (Lipinski definition) is 8. The predicted molar refractivity (Wildman–Crippen MR) is 214 cm³/mol. The molecule has 0 radical (unpaired) electrons. The molecule has 326 valence electrons. The van der Waals surface area contributed by atoms with Crippen molar-refractivity contribution >= 4 is 41.3 Å². The van der Waals surface area contributed by atoms with E-state index in [4.69, 9.17) is 4.74 Å². The molecular formula is C44H50F3N5O9. The second-order valence-electron chi connectivity index (χ2n) is 15.2. The molecule has 61 heavy (non-hydrogen) atoms. The van der Waals surface area contributed by atoms with Crippen LogP contribution < -0.4 is 21.3 Å². The Morgan fingerprint density at radius 2 is 1.48 bits per heavy atom. The van der Waals surface area contributed by atoms with Gasteiger partial charge in [-0.05, 0) is 48.4 Å². The molecule has 5 N–H and O–H groups in total. The number of carbonyl (C=O) groups excluding carboxylic acids is 6. The highest BCUT2D eigenvalue weighted by molar-refractivity contribution is 6.38. The molecule has 5 amide bonds. The molecule has 1 heterocycles. The van der Waals surface area contributed by atoms with Crippen LogP contribution in [0, 0.1) is 5.92 Å². The highest BCUT2D eigenvalue weighted by Gasteiger charge is 2.46. The fourth-order valence-corrected chi connectivity index (χ4v) is 7.75. The van der Waals surface area contributed by atoms with Crippen LogP contribution in [-0.4, -0.2) is 88.6 Å². The zero-order chi connectivity index (χ0) is 44.1. The number of carboxylic acids is 1. The zero-order valence-electron chi connectivity index (χ0n) is 33.6. The number of aliphatic carboxylic acids is 1. The summed E-state index contributed by atoms with van der Waals surface area (Å²) in [5, 5.41) is 19.3. The summed E-state index contributed by atoms with van der Waals surface area (Å²) in [5.41, 5.74) is -0.722. The normalized spacial score (nSPS) is 18.3. The summed E-state index contributed by atoms with van der Waals surface area (Å²) in [4.78, 5) is 94.7. The molecule has 1 saturated heterocycles. The number of alkyl halides is 3. The molecule has 5 unspecified atom stereocenters. The van der Waals surface area contributed by atoms with E-state index in [2.05, 4.69) is 21.3 Å². The Labute approximate surface area is 351 Å². The van der Waals surface area contributed by atoms with Crippen molar-refractivity contribution in [2.45, 2.75) is 101 Å². The molecular weight excluding hydrogens is 800 g/mol. The smallest absolute Gasteiger partial charge is 0.417 e. The number of ether oxygens (including phenoxy) is 1. The van der Waals surface area contributed by atoms with Gasteiger partial charge in [-0.2, -0.15) is 13.2 Å². The summed E-state index contributed by atoms with van der Waals surface area (Å²) in [6.45, 7) is 0.966. The van der Waals surface area contributed by atoms with Crippen LogP contribution in [0.4, 0.5) is 13.2 Å². The van der Waals surface area contributed by atoms with Crippen LogP contribution in [0.25, 0.3) is 0 Å². The first-order valence-electron chi connectivity index (χ1n) is 20.3. The lowest BCUT2D eigenvalue weighted by atomic mass is 9.83. The minimum Gasteiger partial charge on any atom is -0.479 e. The third kappa shape index (κ3) is 12.5. The molecule has 17 heteroatoms. The highest BCUT2D eigenvalue weighted by Crippen LogP contribution is 2.34. The standard InChI is InChI=1S/C44H50F3N5O9/c1-2-14-33(38(54)41(57)48-24-35(53)50-37(43(59)60)29-19-10-5-11-20-29)49-40(56)34-23-30(61-26-27-15-6-3-7-16-27)25-52(34)42(58)36(28-17-8-4-9-18-28)51-39(55)31-21-12-13-22-32(31)44(45,46)47/h3,5-7,10-13,15-16,19-22,28,30,33-34,36-37H,2,4,8-9,14,17-18,23-26H2,1H3,(H,48,57)(H,49,56)(H,50,53)(H,51,55)(H,59,60). The number of nitrogens with one attached hydrogen (secondary N) is 4. The second-order valence-corrected chi connectivity index (χ2v) is 15.2. The summed E-state index contributed by atoms with van der Waals surface area (Å²) in [5.74, 6) is -7.61. The van der Waals surface area contributed by atoms with Gasteiger partial charge in [0.05, 0.1) is 36.4 Å². The minimum absolute atomic E-state index is 0.00669. The lowest BCUT2D eigenvalue weighted by Gasteiger charge is -2.35. The zero-order valence-corrected chi connectivity index (χ0v) is 33.6. The molecule has 14 nitrogen and oxygen atoms in total. The van der Waals surface area contributed by atoms with Crippen molar-refractivity contribution in [1.82, 2.24) is 26.2 Å². The molecule has 0 aromatic heterocycles. The van der Waals surface area contributed by atoms with Gasteiger partial charge in [-0.25, -0.2) is 4.79 Å². The number of ketones is 1. The van der Waals surface area contributed by atoms with E-state index in [-0.39, 0.29) is 31.6 Å². The van der Waals surface area contributed by atoms with Gasteiger partial charge in [0.25, 0.3) is 11.8 Å². The average Bonchev–Trinajstić information content (AvgIpc) is 3.70. The van der Waals surface area contributed by atoms with E-state index in [9.17, 15) is 51.8 Å². The summed E-state index contributed by atoms with van der Waals surface area (Å²) < 4.78 is 48.0. The fraction of sp³-hybridized carbons (Fsp3) is 0.432. The number of carbonyl (C=O) groups is 7. The number of Topliss-reactive ketones (excluding diaryl/α,β-unsaturated/α-hetero) is 1. The Balaban J connectivity index is 1.34. The number of amides is 5. The van der Waals surface area contributed by atoms with Gasteiger partial charge in [0, 0.05) is 13.0 Å². The van der Waals surface area contributed by atoms with Crippen LogP contribution >= 0.6 is 0 Å². The largest absolute Gasteiger partial charge is 0.479 e. The van der Waals surface area contributed by atoms with Gasteiger partial charge in [-0.3, -0.25) is 28.8 Å². The molecule has 5 rings (SSSR count). The molecule has 1 aliphatic carbocycles. The molecule has 0 spiro atoms. The van der Waals surface area contributed by atoms with Crippen molar-refractivity contribution < 1.29 is 56.6 Å². The maximum absolute atomic E-state index is 14.7. The Morgan fingerprint density at radius 3 is 2.11 bits per heavy atom. The van der Waals surface area contributed by atoms with E-state index < -0.39 is 101 Å². The maximum atomic E-state index is 14.7. The van der Waals surface area contributed by atoms with E-state index in [0.717, 1.165) is 30.2 Å². The van der Waals surface area contributed by atoms with E-state index in [1.54, 1.807) is 25.1 Å². The van der Waals surface area contributed by atoms with Gasteiger partial charge in [-0.15, -0.1) is 0 Å². The monoisotopic (exact) mass is 849 g/mol. The molecule has 1 saturated carbocycles. The van der Waals surface area contributed by atoms with Crippen LogP contribution in [0.1, 0.15) is 91.4 Å². The van der Waals surface area contributed by atoms with Gasteiger partial charge in [0.2, 0.25) is 23.5 Å². The third-order valence-electron chi connectivity index (χ3n) is 10.9. The first-order valence-corrected chi connectivity index (χ1v) is 20.3. The third-order valence-corrected chi connectivity index (χ3v) is 10.9. The number of halogens is 3. The van der Waals surface area contributed by atoms with E-state index >= 15 is 0 Å². The number of rotatable bonds is 18. The molecule has 3 aromatic carbocycles. The molecule has 0 bridgehead atoms. The number of likely N-dealkylation sites (tertiary alicyclic amines) is 1. The van der Waals surface area contributed by atoms with Gasteiger partial charge in [0.15, 0.2) is 6.04 Å². The number of nitrogens with zero attached hydrogens (tertiary/aromatic N) is 1. The van der Waals surface area contributed by atoms with Crippen molar-refractivity contribution in [3.63, 3.8) is 0 Å². The van der Waals surface area contributed by atoms with Crippen molar-refractivity contribution in [1.29, 1.82) is 0 Å². The number of benzene rings is 3. The highest BCUT2D eigenvalue weighted by atomic mass is 19.4. The topological polar surface area (TPSA) is 200 Å². The van der Waals surface area contributed by atoms with Crippen LogP contribution in [0.5, 0.6) is 0 Å². The molecule has 2 fully saturated rings.